The molecule has 1 amide bonds. The molecule has 0 bridgehead atoms. The molecule has 0 aromatic heterocycles. The number of carboxylic acid groups (broad SMARTS) is 1. The summed E-state index contributed by atoms with van der Waals surface area (Å²) in [5.74, 6) is -1.03. The van der Waals surface area contributed by atoms with Crippen molar-refractivity contribution in [2.45, 2.75) is 24.1 Å². The average Bonchev–Trinajstić information content (AvgIpc) is 2.88. The van der Waals surface area contributed by atoms with Crippen molar-refractivity contribution in [2.24, 2.45) is 5.73 Å². The fraction of sp³-hybridized carbons (Fsp3) is 0.259. The minimum Gasteiger partial charge on any atom is -0.480 e. The summed E-state index contributed by atoms with van der Waals surface area (Å²) in [5, 5.41) is 12.0. The molecule has 0 aliphatic heterocycles. The van der Waals surface area contributed by atoms with Crippen molar-refractivity contribution in [3.8, 4) is 0 Å². The van der Waals surface area contributed by atoms with Crippen LogP contribution in [0.15, 0.2) is 91.0 Å². The highest BCUT2D eigenvalue weighted by molar-refractivity contribution is 7.98. The zero-order valence-electron chi connectivity index (χ0n) is 19.1. The number of rotatable bonds is 12. The molecule has 0 aliphatic rings. The molecule has 3 aromatic rings. The van der Waals surface area contributed by atoms with E-state index in [0.29, 0.717) is 12.2 Å². The number of thioether (sulfide) groups is 1. The molecule has 0 spiro atoms. The standard InChI is InChI=1S/C27H30N2O4S/c1-34-18-17-24(26(31)32)29-25(30)23(28)19-33-27(20-11-5-2-6-12-20,21-13-7-3-8-14-21)22-15-9-4-10-16-22/h2-16,23-24H,17-19,28H2,1H3,(H,29,30)(H,31,32). The Morgan fingerprint density at radius 3 is 1.74 bits per heavy atom. The van der Waals surface area contributed by atoms with Crippen LogP contribution in [0.3, 0.4) is 0 Å². The Morgan fingerprint density at radius 2 is 1.35 bits per heavy atom. The Hall–Kier alpha value is -3.13. The van der Waals surface area contributed by atoms with E-state index in [4.69, 9.17) is 10.5 Å². The third kappa shape index (κ3) is 6.05. The lowest BCUT2D eigenvalue weighted by molar-refractivity contribution is -0.142. The molecule has 7 heteroatoms. The van der Waals surface area contributed by atoms with Crippen molar-refractivity contribution in [3.05, 3.63) is 108 Å². The van der Waals surface area contributed by atoms with Gasteiger partial charge in [-0.05, 0) is 35.1 Å². The van der Waals surface area contributed by atoms with E-state index in [2.05, 4.69) is 5.32 Å². The number of amides is 1. The molecule has 3 rings (SSSR count). The first-order valence-electron chi connectivity index (χ1n) is 11.1. The number of hydrogen-bond acceptors (Lipinski definition) is 5. The minimum absolute atomic E-state index is 0.112. The van der Waals surface area contributed by atoms with E-state index >= 15 is 0 Å². The molecule has 0 radical (unpaired) electrons. The van der Waals surface area contributed by atoms with Crippen LogP contribution in [0.5, 0.6) is 0 Å². The number of nitrogens with two attached hydrogens (primary N) is 1. The minimum atomic E-state index is -1.08. The van der Waals surface area contributed by atoms with Gasteiger partial charge in [-0.25, -0.2) is 4.79 Å². The van der Waals surface area contributed by atoms with Gasteiger partial charge in [-0.3, -0.25) is 4.79 Å². The van der Waals surface area contributed by atoms with E-state index in [0.717, 1.165) is 16.7 Å². The largest absolute Gasteiger partial charge is 0.480 e. The van der Waals surface area contributed by atoms with Gasteiger partial charge in [-0.15, -0.1) is 0 Å². The van der Waals surface area contributed by atoms with Gasteiger partial charge in [0.25, 0.3) is 0 Å². The molecular weight excluding hydrogens is 448 g/mol. The Labute approximate surface area is 204 Å². The summed E-state index contributed by atoms with van der Waals surface area (Å²) in [7, 11) is 0. The number of ether oxygens (including phenoxy) is 1. The first-order valence-corrected chi connectivity index (χ1v) is 12.5. The summed E-state index contributed by atoms with van der Waals surface area (Å²) < 4.78 is 6.56. The number of aliphatic carboxylic acids is 1. The lowest BCUT2D eigenvalue weighted by Crippen LogP contribution is -2.51. The van der Waals surface area contributed by atoms with E-state index in [1.165, 1.54) is 11.8 Å². The van der Waals surface area contributed by atoms with E-state index in [9.17, 15) is 14.7 Å². The topological polar surface area (TPSA) is 102 Å². The molecule has 0 saturated carbocycles. The molecule has 2 unspecified atom stereocenters. The lowest BCUT2D eigenvalue weighted by atomic mass is 9.80. The maximum Gasteiger partial charge on any atom is 0.326 e. The second-order valence-electron chi connectivity index (χ2n) is 7.88. The predicted molar refractivity (Wildman–Crippen MR) is 136 cm³/mol. The van der Waals surface area contributed by atoms with Gasteiger partial charge in [0, 0.05) is 0 Å². The molecule has 3 aromatic carbocycles. The molecule has 34 heavy (non-hydrogen) atoms. The van der Waals surface area contributed by atoms with Crippen LogP contribution in [0.4, 0.5) is 0 Å². The molecule has 6 nitrogen and oxygen atoms in total. The van der Waals surface area contributed by atoms with Crippen LogP contribution in [0.25, 0.3) is 0 Å². The number of nitrogens with one attached hydrogen (secondary N) is 1. The van der Waals surface area contributed by atoms with Crippen molar-refractivity contribution in [1.29, 1.82) is 0 Å². The van der Waals surface area contributed by atoms with Gasteiger partial charge in [0.15, 0.2) is 0 Å². The fourth-order valence-electron chi connectivity index (χ4n) is 3.83. The number of carboxylic acids is 1. The number of carbonyl (C=O) groups excluding carboxylic acids is 1. The van der Waals surface area contributed by atoms with Gasteiger partial charge < -0.3 is 20.9 Å². The van der Waals surface area contributed by atoms with Crippen LogP contribution in [-0.4, -0.2) is 47.7 Å². The van der Waals surface area contributed by atoms with E-state index in [-0.39, 0.29) is 6.61 Å². The van der Waals surface area contributed by atoms with Gasteiger partial charge in [-0.2, -0.15) is 11.8 Å². The second-order valence-corrected chi connectivity index (χ2v) is 8.86. The predicted octanol–water partition coefficient (Wildman–Crippen LogP) is 3.64. The summed E-state index contributed by atoms with van der Waals surface area (Å²) in [4.78, 5) is 24.3. The zero-order valence-corrected chi connectivity index (χ0v) is 19.9. The highest BCUT2D eigenvalue weighted by Crippen LogP contribution is 2.40. The zero-order chi connectivity index (χ0) is 24.4. The number of carbonyl (C=O) groups is 2. The summed E-state index contributed by atoms with van der Waals surface area (Å²) in [6.45, 7) is -0.112. The first-order chi connectivity index (χ1) is 16.5. The van der Waals surface area contributed by atoms with Crippen LogP contribution in [0.2, 0.25) is 0 Å². The summed E-state index contributed by atoms with van der Waals surface area (Å²) in [6, 6.07) is 27.3. The highest BCUT2D eigenvalue weighted by Gasteiger charge is 2.38. The van der Waals surface area contributed by atoms with Gasteiger partial charge in [0.05, 0.1) is 6.61 Å². The molecular formula is C27H30N2O4S. The molecule has 0 aliphatic carbocycles. The van der Waals surface area contributed by atoms with Gasteiger partial charge in [0.2, 0.25) is 5.91 Å². The Bertz CT molecular complexity index is 951. The molecule has 2 atom stereocenters. The molecule has 0 fully saturated rings. The van der Waals surface area contributed by atoms with Gasteiger partial charge in [-0.1, -0.05) is 91.0 Å². The maximum absolute atomic E-state index is 12.8. The SMILES string of the molecule is CSCCC(NC(=O)C(N)COC(c1ccccc1)(c1ccccc1)c1ccccc1)C(=O)O. The Kier molecular flexibility index (Phi) is 9.27. The third-order valence-electron chi connectivity index (χ3n) is 5.58. The van der Waals surface area contributed by atoms with Crippen molar-refractivity contribution in [2.75, 3.05) is 18.6 Å². The van der Waals surface area contributed by atoms with Gasteiger partial charge >= 0.3 is 5.97 Å². The first kappa shape index (κ1) is 25.5. The van der Waals surface area contributed by atoms with Crippen LogP contribution >= 0.6 is 11.8 Å². The summed E-state index contributed by atoms with van der Waals surface area (Å²) in [6.07, 6.45) is 2.20. The monoisotopic (exact) mass is 478 g/mol. The summed E-state index contributed by atoms with van der Waals surface area (Å²) >= 11 is 1.52. The second kappa shape index (κ2) is 12.4. The van der Waals surface area contributed by atoms with E-state index in [1.807, 2.05) is 97.3 Å². The molecule has 4 N–H and O–H groups in total. The summed E-state index contributed by atoms with van der Waals surface area (Å²) in [5.41, 5.74) is 7.87. The Balaban J connectivity index is 1.92. The maximum atomic E-state index is 12.8. The quantitative estimate of drug-likeness (QED) is 0.344. The van der Waals surface area contributed by atoms with Crippen molar-refractivity contribution in [3.63, 3.8) is 0 Å². The average molecular weight is 479 g/mol. The number of hydrogen-bond donors (Lipinski definition) is 3. The van der Waals surface area contributed by atoms with Crippen LogP contribution in [-0.2, 0) is 19.9 Å². The normalized spacial score (nSPS) is 13.1. The van der Waals surface area contributed by atoms with Crippen LogP contribution < -0.4 is 11.1 Å². The Morgan fingerprint density at radius 1 is 0.912 bits per heavy atom. The molecule has 178 valence electrons. The van der Waals surface area contributed by atoms with Crippen molar-refractivity contribution in [1.82, 2.24) is 5.32 Å². The van der Waals surface area contributed by atoms with Crippen LogP contribution in [0.1, 0.15) is 23.1 Å². The lowest BCUT2D eigenvalue weighted by Gasteiger charge is -2.36. The van der Waals surface area contributed by atoms with Crippen LogP contribution in [0, 0.1) is 0 Å². The van der Waals surface area contributed by atoms with Crippen molar-refractivity contribution >= 4 is 23.6 Å². The fourth-order valence-corrected chi connectivity index (χ4v) is 4.30. The highest BCUT2D eigenvalue weighted by atomic mass is 32.2. The van der Waals surface area contributed by atoms with E-state index in [1.54, 1.807) is 0 Å². The number of benzene rings is 3. The molecule has 0 saturated heterocycles. The van der Waals surface area contributed by atoms with Crippen molar-refractivity contribution < 1.29 is 19.4 Å². The third-order valence-corrected chi connectivity index (χ3v) is 6.23. The van der Waals surface area contributed by atoms with E-state index < -0.39 is 29.6 Å². The van der Waals surface area contributed by atoms with Gasteiger partial charge in [0.1, 0.15) is 17.7 Å². The smallest absolute Gasteiger partial charge is 0.326 e. The molecule has 0 heterocycles.